The molecule has 0 aliphatic heterocycles. The summed E-state index contributed by atoms with van der Waals surface area (Å²) < 4.78 is 11.4. The first kappa shape index (κ1) is 15.0. The Morgan fingerprint density at radius 2 is 2.22 bits per heavy atom. The third kappa shape index (κ3) is 4.31. The van der Waals surface area contributed by atoms with Gasteiger partial charge in [-0.15, -0.1) is 0 Å². The largest absolute Gasteiger partial charge is 0.479 e. The summed E-state index contributed by atoms with van der Waals surface area (Å²) in [5.41, 5.74) is 6.59. The lowest BCUT2D eigenvalue weighted by Gasteiger charge is -2.14. The molecule has 0 aliphatic rings. The molecule has 1 unspecified atom stereocenters. The second-order valence-corrected chi connectivity index (χ2v) is 4.66. The van der Waals surface area contributed by atoms with Crippen molar-refractivity contribution >= 4 is 21.9 Å². The number of rotatable bonds is 6. The first-order valence-corrected chi connectivity index (χ1v) is 6.69. The Morgan fingerprint density at radius 3 is 2.83 bits per heavy atom. The van der Waals surface area contributed by atoms with Crippen LogP contribution in [0.5, 0.6) is 5.75 Å². The molecular weight excluding hydrogens is 298 g/mol. The second kappa shape index (κ2) is 7.38. The van der Waals surface area contributed by atoms with Gasteiger partial charge in [-0.2, -0.15) is 0 Å². The summed E-state index contributed by atoms with van der Waals surface area (Å²) in [4.78, 5) is 11.4. The van der Waals surface area contributed by atoms with E-state index in [9.17, 15) is 4.79 Å². The summed E-state index contributed by atoms with van der Waals surface area (Å²) >= 11 is 3.45. The number of nitrogens with two attached hydrogens (primary N) is 1. The van der Waals surface area contributed by atoms with E-state index in [1.807, 2.05) is 12.1 Å². The highest BCUT2D eigenvalue weighted by molar-refractivity contribution is 9.10. The van der Waals surface area contributed by atoms with Crippen LogP contribution in [0.2, 0.25) is 0 Å². The highest BCUT2D eigenvalue weighted by Crippen LogP contribution is 2.23. The average molecular weight is 316 g/mol. The van der Waals surface area contributed by atoms with Crippen LogP contribution in [0.3, 0.4) is 0 Å². The summed E-state index contributed by atoms with van der Waals surface area (Å²) in [5.74, 6) is 0.281. The number of ether oxygens (including phenoxy) is 2. The van der Waals surface area contributed by atoms with Crippen LogP contribution in [-0.2, 0) is 16.0 Å². The fraction of sp³-hybridized carbons (Fsp3) is 0.462. The van der Waals surface area contributed by atoms with E-state index in [4.69, 9.17) is 15.2 Å². The fourth-order valence-corrected chi connectivity index (χ4v) is 1.93. The Balaban J connectivity index is 2.72. The number of benzene rings is 1. The van der Waals surface area contributed by atoms with Crippen LogP contribution in [0.4, 0.5) is 0 Å². The van der Waals surface area contributed by atoms with Gasteiger partial charge in [0.25, 0.3) is 0 Å². The van der Waals surface area contributed by atoms with Crippen LogP contribution in [-0.4, -0.2) is 25.2 Å². The van der Waals surface area contributed by atoms with E-state index in [-0.39, 0.29) is 5.97 Å². The molecule has 0 fully saturated rings. The monoisotopic (exact) mass is 315 g/mol. The van der Waals surface area contributed by atoms with Crippen molar-refractivity contribution in [2.45, 2.75) is 26.4 Å². The molecule has 100 valence electrons. The number of hydrogen-bond donors (Lipinski definition) is 1. The average Bonchev–Trinajstić information content (AvgIpc) is 2.34. The van der Waals surface area contributed by atoms with Crippen LogP contribution in [0.25, 0.3) is 0 Å². The van der Waals surface area contributed by atoms with Crippen molar-refractivity contribution in [3.63, 3.8) is 0 Å². The molecule has 0 saturated heterocycles. The topological polar surface area (TPSA) is 61.5 Å². The molecule has 0 saturated carbocycles. The Labute approximate surface area is 116 Å². The van der Waals surface area contributed by atoms with Crippen molar-refractivity contribution in [3.05, 3.63) is 28.2 Å². The van der Waals surface area contributed by atoms with Crippen LogP contribution in [0.15, 0.2) is 22.7 Å². The fourth-order valence-electron chi connectivity index (χ4n) is 1.48. The Kier molecular flexibility index (Phi) is 6.15. The van der Waals surface area contributed by atoms with Gasteiger partial charge in [-0.3, -0.25) is 0 Å². The van der Waals surface area contributed by atoms with Crippen LogP contribution in [0, 0.1) is 0 Å². The van der Waals surface area contributed by atoms with E-state index in [1.54, 1.807) is 19.9 Å². The maximum Gasteiger partial charge on any atom is 0.347 e. The summed E-state index contributed by atoms with van der Waals surface area (Å²) in [7, 11) is 0. The minimum absolute atomic E-state index is 0.352. The first-order valence-electron chi connectivity index (χ1n) is 5.90. The Morgan fingerprint density at radius 1 is 1.50 bits per heavy atom. The van der Waals surface area contributed by atoms with Crippen LogP contribution < -0.4 is 10.5 Å². The van der Waals surface area contributed by atoms with Crippen molar-refractivity contribution in [1.82, 2.24) is 0 Å². The standard InChI is InChI=1S/C13H18BrNO3/c1-3-17-13(16)9(2)18-11-4-5-12(14)10(8-11)6-7-15/h4-5,8-9H,3,6-7,15H2,1-2H3. The molecule has 0 radical (unpaired) electrons. The molecule has 1 aromatic carbocycles. The molecule has 2 N–H and O–H groups in total. The zero-order chi connectivity index (χ0) is 13.5. The molecule has 1 atom stereocenters. The highest BCUT2D eigenvalue weighted by atomic mass is 79.9. The molecule has 0 spiro atoms. The summed E-state index contributed by atoms with van der Waals surface area (Å²) in [6.07, 6.45) is 0.142. The number of carbonyl (C=O) groups excluding carboxylic acids is 1. The second-order valence-electron chi connectivity index (χ2n) is 3.80. The molecular formula is C13H18BrNO3. The number of hydrogen-bond acceptors (Lipinski definition) is 4. The number of halogens is 1. The van der Waals surface area contributed by atoms with Crippen molar-refractivity contribution in [2.24, 2.45) is 5.73 Å². The number of carbonyl (C=O) groups is 1. The van der Waals surface area contributed by atoms with Gasteiger partial charge in [-0.05, 0) is 50.6 Å². The minimum Gasteiger partial charge on any atom is -0.479 e. The molecule has 0 aromatic heterocycles. The summed E-state index contributed by atoms with van der Waals surface area (Å²) in [6.45, 7) is 4.35. The zero-order valence-corrected chi connectivity index (χ0v) is 12.2. The smallest absolute Gasteiger partial charge is 0.347 e. The van der Waals surface area contributed by atoms with Crippen LogP contribution in [0.1, 0.15) is 19.4 Å². The van der Waals surface area contributed by atoms with Crippen molar-refractivity contribution in [2.75, 3.05) is 13.2 Å². The lowest BCUT2D eigenvalue weighted by Crippen LogP contribution is -2.26. The molecule has 1 aromatic rings. The highest BCUT2D eigenvalue weighted by Gasteiger charge is 2.16. The predicted octanol–water partition coefficient (Wildman–Crippen LogP) is 2.28. The Hall–Kier alpha value is -1.07. The van der Waals surface area contributed by atoms with E-state index < -0.39 is 6.10 Å². The Bertz CT molecular complexity index is 409. The van der Waals surface area contributed by atoms with Gasteiger partial charge < -0.3 is 15.2 Å². The SMILES string of the molecule is CCOC(=O)C(C)Oc1ccc(Br)c(CCN)c1. The van der Waals surface area contributed by atoms with Crippen molar-refractivity contribution in [3.8, 4) is 5.75 Å². The molecule has 0 bridgehead atoms. The summed E-state index contributed by atoms with van der Waals surface area (Å²) in [5, 5.41) is 0. The third-order valence-electron chi connectivity index (χ3n) is 2.36. The van der Waals surface area contributed by atoms with E-state index in [0.29, 0.717) is 18.9 Å². The molecule has 0 aliphatic carbocycles. The minimum atomic E-state index is -0.614. The van der Waals surface area contributed by atoms with Gasteiger partial charge >= 0.3 is 5.97 Å². The van der Waals surface area contributed by atoms with Gasteiger partial charge in [-0.1, -0.05) is 15.9 Å². The lowest BCUT2D eigenvalue weighted by atomic mass is 10.1. The van der Waals surface area contributed by atoms with Crippen molar-refractivity contribution in [1.29, 1.82) is 0 Å². The van der Waals surface area contributed by atoms with E-state index >= 15 is 0 Å². The summed E-state index contributed by atoms with van der Waals surface area (Å²) in [6, 6.07) is 5.57. The molecule has 18 heavy (non-hydrogen) atoms. The molecule has 1 rings (SSSR count). The van der Waals surface area contributed by atoms with Gasteiger partial charge in [0.15, 0.2) is 6.10 Å². The molecule has 4 nitrogen and oxygen atoms in total. The van der Waals surface area contributed by atoms with E-state index in [1.165, 1.54) is 0 Å². The zero-order valence-electron chi connectivity index (χ0n) is 10.6. The van der Waals surface area contributed by atoms with Crippen molar-refractivity contribution < 1.29 is 14.3 Å². The molecule has 0 heterocycles. The van der Waals surface area contributed by atoms with Gasteiger partial charge in [-0.25, -0.2) is 4.79 Å². The van der Waals surface area contributed by atoms with Gasteiger partial charge in [0, 0.05) is 4.47 Å². The maximum absolute atomic E-state index is 11.4. The lowest BCUT2D eigenvalue weighted by molar-refractivity contribution is -0.150. The van der Waals surface area contributed by atoms with E-state index in [0.717, 1.165) is 16.5 Å². The molecule has 5 heteroatoms. The first-order chi connectivity index (χ1) is 8.58. The van der Waals surface area contributed by atoms with Crippen LogP contribution >= 0.6 is 15.9 Å². The third-order valence-corrected chi connectivity index (χ3v) is 3.14. The van der Waals surface area contributed by atoms with E-state index in [2.05, 4.69) is 15.9 Å². The van der Waals surface area contributed by atoms with Gasteiger partial charge in [0.05, 0.1) is 6.61 Å². The quantitative estimate of drug-likeness (QED) is 0.818. The van der Waals surface area contributed by atoms with Gasteiger partial charge in [0.1, 0.15) is 5.75 Å². The predicted molar refractivity (Wildman–Crippen MR) is 73.6 cm³/mol. The number of esters is 1. The maximum atomic E-state index is 11.4. The van der Waals surface area contributed by atoms with Gasteiger partial charge in [0.2, 0.25) is 0 Å². The molecule has 0 amide bonds. The normalized spacial score (nSPS) is 12.0.